The Morgan fingerprint density at radius 3 is 2.28 bits per heavy atom. The molecule has 0 aromatic rings. The Morgan fingerprint density at radius 2 is 1.80 bits per heavy atom. The van der Waals surface area contributed by atoms with E-state index >= 15 is 0 Å². The normalized spacial score (nSPS) is 17.1. The Bertz CT molecular complexity index is 565. The fourth-order valence-electron chi connectivity index (χ4n) is 1.79. The van der Waals surface area contributed by atoms with E-state index < -0.39 is 28.8 Å². The van der Waals surface area contributed by atoms with Gasteiger partial charge in [0.2, 0.25) is 0 Å². The first-order chi connectivity index (χ1) is 13.3. The molecule has 1 atom stereocenters. The van der Waals surface area contributed by atoms with E-state index in [4.69, 9.17) is 28.8 Å². The van der Waals surface area contributed by atoms with Crippen LogP contribution < -0.4 is 0 Å². The highest BCUT2D eigenvalue weighted by atomic mass is 32.2. The van der Waals surface area contributed by atoms with Gasteiger partial charge in [-0.25, -0.2) is 4.67 Å². The molecule has 0 aromatic heterocycles. The molecule has 0 saturated heterocycles. The third-order valence-corrected chi connectivity index (χ3v) is 7.19. The molecule has 0 bridgehead atoms. The number of hydrogen-bond acceptors (Lipinski definition) is 8. The molecule has 0 radical (unpaired) electrons. The SMILES string of the molecule is [2H]C([2H])(CSCC([2H])([2H])P(=O)(OC)OC)OP(OCCC#N)N(C(C)C)C(C)C. The van der Waals surface area contributed by atoms with E-state index in [2.05, 4.69) is 0 Å². The summed E-state index contributed by atoms with van der Waals surface area (Å²) in [5.74, 6) is -0.523. The summed E-state index contributed by atoms with van der Waals surface area (Å²) >= 11 is 0.900. The molecule has 10 heteroatoms. The minimum Gasteiger partial charge on any atom is -0.321 e. The summed E-state index contributed by atoms with van der Waals surface area (Å²) in [5.41, 5.74) is 0. The summed E-state index contributed by atoms with van der Waals surface area (Å²) in [7, 11) is -3.54. The quantitative estimate of drug-likeness (QED) is 0.284. The summed E-state index contributed by atoms with van der Waals surface area (Å²) in [6.07, 6.45) is -2.12. The Balaban J connectivity index is 5.14. The standard InChI is InChI=1S/C15H32N2O5P2S/c1-14(2)17(15(3)4)23(21-9-7-8-16)22-10-12-25-13-11-24(18,19-5)20-6/h14-15H,7,9-13H2,1-6H3/i10D2,11D2. The molecule has 0 fully saturated rings. The largest absolute Gasteiger partial charge is 0.330 e. The van der Waals surface area contributed by atoms with Crippen molar-refractivity contribution in [2.24, 2.45) is 0 Å². The average molecular weight is 418 g/mol. The first-order valence-electron chi connectivity index (χ1n) is 9.83. The molecular formula is C15H32N2O5P2S. The van der Waals surface area contributed by atoms with Crippen LogP contribution in [-0.2, 0) is 22.7 Å². The third kappa shape index (κ3) is 10.9. The van der Waals surface area contributed by atoms with Crippen molar-refractivity contribution >= 4 is 27.9 Å². The molecular weight excluding hydrogens is 382 g/mol. The lowest BCUT2D eigenvalue weighted by Gasteiger charge is -2.35. The molecule has 0 aliphatic carbocycles. The highest BCUT2D eigenvalue weighted by Crippen LogP contribution is 2.47. The van der Waals surface area contributed by atoms with E-state index in [0.29, 0.717) is 0 Å². The van der Waals surface area contributed by atoms with Crippen molar-refractivity contribution in [3.05, 3.63) is 0 Å². The van der Waals surface area contributed by atoms with Crippen molar-refractivity contribution < 1.29 is 28.1 Å². The van der Waals surface area contributed by atoms with Crippen molar-refractivity contribution in [3.63, 3.8) is 0 Å². The van der Waals surface area contributed by atoms with E-state index in [9.17, 15) is 4.57 Å². The Kier molecular flexibility index (Phi) is 10.7. The van der Waals surface area contributed by atoms with Crippen molar-refractivity contribution in [1.82, 2.24) is 4.67 Å². The summed E-state index contributed by atoms with van der Waals surface area (Å²) in [6, 6.07) is 2.03. The van der Waals surface area contributed by atoms with Gasteiger partial charge in [0, 0.05) is 40.6 Å². The van der Waals surface area contributed by atoms with Crippen LogP contribution in [0.3, 0.4) is 0 Å². The van der Waals surface area contributed by atoms with Crippen LogP contribution in [0.1, 0.15) is 39.6 Å². The van der Waals surface area contributed by atoms with E-state index in [-0.39, 0.29) is 36.6 Å². The van der Waals surface area contributed by atoms with Crippen LogP contribution >= 0.6 is 27.9 Å². The van der Waals surface area contributed by atoms with Gasteiger partial charge >= 0.3 is 7.60 Å². The molecule has 0 saturated carbocycles. The van der Waals surface area contributed by atoms with Crippen molar-refractivity contribution in [2.75, 3.05) is 45.0 Å². The Hall–Kier alpha value is 0.300. The maximum absolute atomic E-state index is 12.3. The smallest absolute Gasteiger partial charge is 0.321 e. The number of nitrogens with zero attached hydrogens (tertiary/aromatic N) is 2. The zero-order valence-electron chi connectivity index (χ0n) is 19.7. The zero-order chi connectivity index (χ0) is 22.9. The van der Waals surface area contributed by atoms with Crippen molar-refractivity contribution in [2.45, 2.75) is 46.2 Å². The molecule has 148 valence electrons. The average Bonchev–Trinajstić information content (AvgIpc) is 2.59. The number of nitriles is 1. The van der Waals surface area contributed by atoms with Gasteiger partial charge in [0.15, 0.2) is 0 Å². The molecule has 0 heterocycles. The molecule has 7 nitrogen and oxygen atoms in total. The number of rotatable bonds is 15. The van der Waals surface area contributed by atoms with Gasteiger partial charge in [0.1, 0.15) is 0 Å². The second-order valence-electron chi connectivity index (χ2n) is 5.30. The minimum absolute atomic E-state index is 0.0232. The first-order valence-corrected chi connectivity index (χ1v) is 11.7. The second kappa shape index (κ2) is 14.4. The molecule has 25 heavy (non-hydrogen) atoms. The summed E-state index contributed by atoms with van der Waals surface area (Å²) in [4.78, 5) is 0. The number of thioether (sulfide) groups is 1. The minimum atomic E-state index is -3.96. The van der Waals surface area contributed by atoms with E-state index in [0.717, 1.165) is 26.0 Å². The highest BCUT2D eigenvalue weighted by Gasteiger charge is 2.27. The van der Waals surface area contributed by atoms with Gasteiger partial charge in [-0.1, -0.05) is 0 Å². The summed E-state index contributed by atoms with van der Waals surface area (Å²) in [5, 5.41) is 8.73. The maximum Gasteiger partial charge on any atom is 0.330 e. The van der Waals surface area contributed by atoms with Gasteiger partial charge in [-0.3, -0.25) is 4.57 Å². The fraction of sp³-hybridized carbons (Fsp3) is 0.933. The van der Waals surface area contributed by atoms with Gasteiger partial charge in [-0.15, -0.1) is 0 Å². The molecule has 0 aliphatic rings. The zero-order valence-corrected chi connectivity index (χ0v) is 18.3. The topological polar surface area (TPSA) is 81.0 Å². The fourth-order valence-corrected chi connectivity index (χ4v) is 4.98. The van der Waals surface area contributed by atoms with E-state index in [1.165, 1.54) is 0 Å². The highest BCUT2D eigenvalue weighted by molar-refractivity contribution is 7.99. The predicted octanol–water partition coefficient (Wildman–Crippen LogP) is 4.50. The van der Waals surface area contributed by atoms with Gasteiger partial charge in [-0.2, -0.15) is 17.0 Å². The molecule has 0 aliphatic heterocycles. The van der Waals surface area contributed by atoms with Crippen LogP contribution in [0.5, 0.6) is 0 Å². The Morgan fingerprint density at radius 1 is 1.20 bits per heavy atom. The van der Waals surface area contributed by atoms with Crippen LogP contribution in [0.15, 0.2) is 0 Å². The van der Waals surface area contributed by atoms with Crippen LogP contribution in [0, 0.1) is 11.3 Å². The van der Waals surface area contributed by atoms with Gasteiger partial charge in [0.25, 0.3) is 8.53 Å². The Labute approximate surface area is 163 Å². The molecule has 1 unspecified atom stereocenters. The van der Waals surface area contributed by atoms with Gasteiger partial charge in [-0.05, 0) is 27.7 Å². The maximum atomic E-state index is 12.3. The monoisotopic (exact) mass is 418 g/mol. The van der Waals surface area contributed by atoms with Crippen LogP contribution in [0.2, 0.25) is 0 Å². The molecule has 0 amide bonds. The first kappa shape index (κ1) is 18.7. The lowest BCUT2D eigenvalue weighted by atomic mass is 10.3. The second-order valence-corrected chi connectivity index (χ2v) is 9.70. The van der Waals surface area contributed by atoms with Crippen molar-refractivity contribution in [3.8, 4) is 6.07 Å². The van der Waals surface area contributed by atoms with E-state index in [1.807, 2.05) is 38.4 Å². The lowest BCUT2D eigenvalue weighted by Crippen LogP contribution is -2.33. The predicted molar refractivity (Wildman–Crippen MR) is 105 cm³/mol. The summed E-state index contributed by atoms with van der Waals surface area (Å²) < 4.78 is 67.1. The van der Waals surface area contributed by atoms with Gasteiger partial charge < -0.3 is 18.1 Å². The summed E-state index contributed by atoms with van der Waals surface area (Å²) in [6.45, 7) is 5.76. The third-order valence-electron chi connectivity index (χ3n) is 2.81. The molecule has 0 rings (SSSR count). The van der Waals surface area contributed by atoms with Crippen molar-refractivity contribution in [1.29, 1.82) is 5.26 Å². The van der Waals surface area contributed by atoms with Crippen LogP contribution in [0.25, 0.3) is 0 Å². The van der Waals surface area contributed by atoms with Crippen LogP contribution in [-0.4, -0.2) is 61.8 Å². The van der Waals surface area contributed by atoms with Gasteiger partial charge in [0.05, 0.1) is 34.5 Å². The molecule has 0 aromatic carbocycles. The molecule has 0 spiro atoms. The van der Waals surface area contributed by atoms with Crippen LogP contribution in [0.4, 0.5) is 0 Å². The van der Waals surface area contributed by atoms with E-state index in [1.54, 1.807) is 0 Å². The lowest BCUT2D eigenvalue weighted by molar-refractivity contribution is 0.182. The number of hydrogen-bond donors (Lipinski definition) is 0. The molecule has 0 N–H and O–H groups in total.